The number of para-hydroxylation sites is 1. The molecular formula is C23H21ClN4O2. The summed E-state index contributed by atoms with van der Waals surface area (Å²) in [7, 11) is 0. The van der Waals surface area contributed by atoms with Crippen LogP contribution in [0.3, 0.4) is 0 Å². The first-order valence-corrected chi connectivity index (χ1v) is 10.1. The van der Waals surface area contributed by atoms with Crippen LogP contribution in [0.1, 0.15) is 17.2 Å². The second kappa shape index (κ2) is 8.97. The van der Waals surface area contributed by atoms with Crippen molar-refractivity contribution in [3.05, 3.63) is 89.2 Å². The summed E-state index contributed by atoms with van der Waals surface area (Å²) in [4.78, 5) is 31.2. The van der Waals surface area contributed by atoms with Crippen LogP contribution in [-0.4, -0.2) is 29.9 Å². The number of hydrogen-bond donors (Lipinski definition) is 2. The second-order valence-electron chi connectivity index (χ2n) is 7.05. The minimum Gasteiger partial charge on any atom is -0.362 e. The van der Waals surface area contributed by atoms with Gasteiger partial charge in [0.25, 0.3) is 0 Å². The van der Waals surface area contributed by atoms with Gasteiger partial charge in [-0.2, -0.15) is 0 Å². The second-order valence-corrected chi connectivity index (χ2v) is 7.49. The third-order valence-corrected chi connectivity index (χ3v) is 5.35. The van der Waals surface area contributed by atoms with Crippen LogP contribution < -0.4 is 15.5 Å². The summed E-state index contributed by atoms with van der Waals surface area (Å²) in [6.45, 7) is 1.12. The molecule has 2 heterocycles. The van der Waals surface area contributed by atoms with E-state index in [2.05, 4.69) is 32.7 Å². The molecule has 0 saturated heterocycles. The number of nitrogens with one attached hydrogen (secondary N) is 2. The highest BCUT2D eigenvalue weighted by atomic mass is 35.5. The largest absolute Gasteiger partial charge is 0.362 e. The first-order valence-electron chi connectivity index (χ1n) is 9.71. The zero-order valence-electron chi connectivity index (χ0n) is 16.2. The van der Waals surface area contributed by atoms with E-state index in [9.17, 15) is 9.59 Å². The molecule has 7 heteroatoms. The van der Waals surface area contributed by atoms with Crippen LogP contribution in [0.5, 0.6) is 0 Å². The molecule has 1 atom stereocenters. The number of nitrogens with zero attached hydrogens (tertiary/aromatic N) is 2. The van der Waals surface area contributed by atoms with Crippen LogP contribution in [0.25, 0.3) is 0 Å². The number of halogens is 1. The Morgan fingerprint density at radius 2 is 1.93 bits per heavy atom. The molecule has 1 aromatic heterocycles. The molecule has 2 aromatic carbocycles. The number of pyridine rings is 1. The van der Waals surface area contributed by atoms with Crippen molar-refractivity contribution in [2.24, 2.45) is 0 Å². The Morgan fingerprint density at radius 3 is 2.73 bits per heavy atom. The van der Waals surface area contributed by atoms with Crippen LogP contribution in [-0.2, 0) is 16.0 Å². The molecule has 30 heavy (non-hydrogen) atoms. The van der Waals surface area contributed by atoms with Gasteiger partial charge in [0.1, 0.15) is 0 Å². The minimum absolute atomic E-state index is 0.134. The van der Waals surface area contributed by atoms with E-state index in [1.54, 1.807) is 36.7 Å². The fourth-order valence-electron chi connectivity index (χ4n) is 3.69. The lowest BCUT2D eigenvalue weighted by Gasteiger charge is -2.30. The fraction of sp³-hybridized carbons (Fsp3) is 0.174. The molecule has 2 N–H and O–H groups in total. The van der Waals surface area contributed by atoms with E-state index in [1.807, 2.05) is 24.3 Å². The number of hydrogen-bond acceptors (Lipinski definition) is 4. The topological polar surface area (TPSA) is 74.3 Å². The third-order valence-electron chi connectivity index (χ3n) is 5.11. The fourth-order valence-corrected chi connectivity index (χ4v) is 3.88. The van der Waals surface area contributed by atoms with Gasteiger partial charge in [-0.25, -0.2) is 0 Å². The highest BCUT2D eigenvalue weighted by Crippen LogP contribution is 2.34. The van der Waals surface area contributed by atoms with Gasteiger partial charge in [-0.1, -0.05) is 41.9 Å². The summed E-state index contributed by atoms with van der Waals surface area (Å²) in [5, 5.41) is 5.82. The highest BCUT2D eigenvalue weighted by Gasteiger charge is 2.28. The Labute approximate surface area is 179 Å². The first-order chi connectivity index (χ1) is 14.6. The van der Waals surface area contributed by atoms with Gasteiger partial charge < -0.3 is 15.5 Å². The Hall–Kier alpha value is -3.38. The van der Waals surface area contributed by atoms with Gasteiger partial charge in [0.2, 0.25) is 0 Å². The molecule has 0 aliphatic carbocycles. The standard InChI is InChI=1S/C23H21ClN4O2/c24-18-7-3-8-19(13-18)27-23(30)22(29)26-15-21(17-6-4-11-25-14-17)28-12-10-16-5-1-2-9-20(16)28/h1-9,11,13-14,21H,10,12,15H2,(H,26,29)(H,27,30). The maximum atomic E-state index is 12.4. The Morgan fingerprint density at radius 1 is 1.07 bits per heavy atom. The van der Waals surface area contributed by atoms with Gasteiger partial charge in [0, 0.05) is 41.9 Å². The molecule has 1 aliphatic heterocycles. The number of fused-ring (bicyclic) bond motifs is 1. The van der Waals surface area contributed by atoms with Gasteiger partial charge >= 0.3 is 11.8 Å². The van der Waals surface area contributed by atoms with E-state index in [-0.39, 0.29) is 12.6 Å². The monoisotopic (exact) mass is 420 g/mol. The molecule has 1 unspecified atom stereocenters. The van der Waals surface area contributed by atoms with E-state index in [4.69, 9.17) is 11.6 Å². The van der Waals surface area contributed by atoms with Gasteiger partial charge in [-0.15, -0.1) is 0 Å². The molecular weight excluding hydrogens is 400 g/mol. The Kier molecular flexibility index (Phi) is 5.95. The van der Waals surface area contributed by atoms with Crippen LogP contribution in [0, 0.1) is 0 Å². The average Bonchev–Trinajstić information content (AvgIpc) is 3.18. The van der Waals surface area contributed by atoms with Gasteiger partial charge in [-0.3, -0.25) is 14.6 Å². The molecule has 0 radical (unpaired) electrons. The van der Waals surface area contributed by atoms with Crippen molar-refractivity contribution in [2.75, 3.05) is 23.3 Å². The van der Waals surface area contributed by atoms with E-state index in [0.717, 1.165) is 24.2 Å². The van der Waals surface area contributed by atoms with E-state index >= 15 is 0 Å². The van der Waals surface area contributed by atoms with E-state index < -0.39 is 11.8 Å². The lowest BCUT2D eigenvalue weighted by molar-refractivity contribution is -0.136. The van der Waals surface area contributed by atoms with Crippen LogP contribution in [0.4, 0.5) is 11.4 Å². The molecule has 0 fully saturated rings. The predicted octanol–water partition coefficient (Wildman–Crippen LogP) is 3.59. The van der Waals surface area contributed by atoms with Crippen molar-refractivity contribution in [2.45, 2.75) is 12.5 Å². The predicted molar refractivity (Wildman–Crippen MR) is 118 cm³/mol. The maximum Gasteiger partial charge on any atom is 0.313 e. The van der Waals surface area contributed by atoms with Crippen LogP contribution >= 0.6 is 11.6 Å². The summed E-state index contributed by atoms with van der Waals surface area (Å²) in [5.74, 6) is -1.43. The number of aromatic nitrogens is 1. The molecule has 6 nitrogen and oxygen atoms in total. The third kappa shape index (κ3) is 4.44. The summed E-state index contributed by atoms with van der Waals surface area (Å²) in [6, 6.07) is 18.6. The van der Waals surface area contributed by atoms with Crippen LogP contribution in [0.15, 0.2) is 73.1 Å². The normalized spacial score (nSPS) is 13.4. The summed E-state index contributed by atoms with van der Waals surface area (Å²) in [5.41, 5.74) is 3.87. The zero-order valence-corrected chi connectivity index (χ0v) is 17.0. The summed E-state index contributed by atoms with van der Waals surface area (Å²) < 4.78 is 0. The van der Waals surface area contributed by atoms with E-state index in [0.29, 0.717) is 10.7 Å². The van der Waals surface area contributed by atoms with E-state index in [1.165, 1.54) is 5.56 Å². The van der Waals surface area contributed by atoms with Crippen molar-refractivity contribution >= 4 is 34.8 Å². The molecule has 152 valence electrons. The molecule has 3 aromatic rings. The molecule has 0 spiro atoms. The lowest BCUT2D eigenvalue weighted by Crippen LogP contribution is -2.41. The number of benzene rings is 2. The number of amides is 2. The number of rotatable bonds is 5. The zero-order chi connectivity index (χ0) is 20.9. The molecule has 0 bridgehead atoms. The first kappa shape index (κ1) is 19.9. The van der Waals surface area contributed by atoms with Crippen molar-refractivity contribution in [3.8, 4) is 0 Å². The molecule has 2 amide bonds. The smallest absolute Gasteiger partial charge is 0.313 e. The van der Waals surface area contributed by atoms with Crippen LogP contribution in [0.2, 0.25) is 5.02 Å². The lowest BCUT2D eigenvalue weighted by atomic mass is 10.1. The molecule has 4 rings (SSSR count). The van der Waals surface area contributed by atoms with Crippen molar-refractivity contribution in [1.82, 2.24) is 10.3 Å². The molecule has 0 saturated carbocycles. The summed E-state index contributed by atoms with van der Waals surface area (Å²) >= 11 is 5.93. The summed E-state index contributed by atoms with van der Waals surface area (Å²) in [6.07, 6.45) is 4.45. The number of carbonyl (C=O) groups excluding carboxylic acids is 2. The van der Waals surface area contributed by atoms with Gasteiger partial charge in [0.05, 0.1) is 6.04 Å². The van der Waals surface area contributed by atoms with Gasteiger partial charge in [-0.05, 0) is 47.9 Å². The highest BCUT2D eigenvalue weighted by molar-refractivity contribution is 6.39. The average molecular weight is 421 g/mol. The Bertz CT molecular complexity index is 1060. The maximum absolute atomic E-state index is 12.4. The quantitative estimate of drug-likeness (QED) is 0.618. The number of carbonyl (C=O) groups is 2. The van der Waals surface area contributed by atoms with Gasteiger partial charge in [0.15, 0.2) is 0 Å². The number of anilines is 2. The van der Waals surface area contributed by atoms with Crippen molar-refractivity contribution in [1.29, 1.82) is 0 Å². The van der Waals surface area contributed by atoms with Crippen molar-refractivity contribution < 1.29 is 9.59 Å². The Balaban J connectivity index is 1.48. The molecule has 1 aliphatic rings. The SMILES string of the molecule is O=C(NCC(c1cccnc1)N1CCc2ccccc21)C(=O)Nc1cccc(Cl)c1. The minimum atomic E-state index is -0.732. The van der Waals surface area contributed by atoms with Crippen molar-refractivity contribution in [3.63, 3.8) is 0 Å².